The van der Waals surface area contributed by atoms with E-state index in [4.69, 9.17) is 5.11 Å². The number of hydrogen-bond acceptors (Lipinski definition) is 2. The molecule has 124 valence electrons. The van der Waals surface area contributed by atoms with Crippen molar-refractivity contribution in [1.82, 2.24) is 4.90 Å². The summed E-state index contributed by atoms with van der Waals surface area (Å²) in [5, 5.41) is 8.84. The lowest BCUT2D eigenvalue weighted by Crippen LogP contribution is -2.44. The first-order valence-corrected chi connectivity index (χ1v) is 8.64. The zero-order valence-electron chi connectivity index (χ0n) is 13.5. The molecule has 1 atom stereocenters. The van der Waals surface area contributed by atoms with Gasteiger partial charge < -0.3 is 10.0 Å². The maximum Gasteiger partial charge on any atom is 0.303 e. The molecular weight excluding hydrogens is 290 g/mol. The first kappa shape index (κ1) is 16.0. The maximum atomic E-state index is 13.0. The summed E-state index contributed by atoms with van der Waals surface area (Å²) in [6.07, 6.45) is 5.74. The van der Waals surface area contributed by atoms with Gasteiger partial charge in [0.25, 0.3) is 0 Å². The molecular formula is C19H25NO3. The van der Waals surface area contributed by atoms with Gasteiger partial charge in [-0.3, -0.25) is 9.59 Å². The van der Waals surface area contributed by atoms with Gasteiger partial charge in [0.15, 0.2) is 0 Å². The van der Waals surface area contributed by atoms with Crippen molar-refractivity contribution in [2.45, 2.75) is 44.9 Å². The molecule has 1 saturated carbocycles. The predicted octanol–water partition coefficient (Wildman–Crippen LogP) is 3.11. The monoisotopic (exact) mass is 315 g/mol. The molecule has 0 unspecified atom stereocenters. The van der Waals surface area contributed by atoms with Crippen molar-refractivity contribution in [3.05, 3.63) is 35.9 Å². The molecule has 1 saturated heterocycles. The normalized spacial score (nSPS) is 22.6. The van der Waals surface area contributed by atoms with Crippen LogP contribution in [0.15, 0.2) is 30.3 Å². The molecule has 1 amide bonds. The summed E-state index contributed by atoms with van der Waals surface area (Å²) in [6, 6.07) is 10.2. The largest absolute Gasteiger partial charge is 0.481 e. The summed E-state index contributed by atoms with van der Waals surface area (Å²) >= 11 is 0. The summed E-state index contributed by atoms with van der Waals surface area (Å²) in [5.41, 5.74) is 1.05. The lowest BCUT2D eigenvalue weighted by molar-refractivity contribution is -0.139. The van der Waals surface area contributed by atoms with E-state index in [1.807, 2.05) is 23.1 Å². The Morgan fingerprint density at radius 3 is 2.61 bits per heavy atom. The maximum absolute atomic E-state index is 13.0. The van der Waals surface area contributed by atoms with E-state index in [-0.39, 0.29) is 11.8 Å². The Bertz CT molecular complexity index is 565. The Labute approximate surface area is 137 Å². The lowest BCUT2D eigenvalue weighted by Gasteiger charge is -2.35. The Morgan fingerprint density at radius 1 is 1.22 bits per heavy atom. The number of hydrogen-bond donors (Lipinski definition) is 1. The number of carboxylic acid groups (broad SMARTS) is 1. The number of benzene rings is 1. The lowest BCUT2D eigenvalue weighted by atomic mass is 9.90. The van der Waals surface area contributed by atoms with E-state index in [1.54, 1.807) is 0 Å². The van der Waals surface area contributed by atoms with Crippen molar-refractivity contribution in [3.8, 4) is 0 Å². The molecule has 1 aliphatic carbocycles. The third-order valence-corrected chi connectivity index (χ3v) is 5.27. The molecule has 23 heavy (non-hydrogen) atoms. The minimum Gasteiger partial charge on any atom is -0.481 e. The number of carboxylic acids is 1. The zero-order chi connectivity index (χ0) is 16.3. The number of amides is 1. The number of likely N-dealkylation sites (tertiary alicyclic amines) is 1. The Kier molecular flexibility index (Phi) is 4.69. The molecule has 4 heteroatoms. The second kappa shape index (κ2) is 6.73. The van der Waals surface area contributed by atoms with Crippen molar-refractivity contribution in [3.63, 3.8) is 0 Å². The van der Waals surface area contributed by atoms with Crippen LogP contribution in [0, 0.1) is 11.3 Å². The van der Waals surface area contributed by atoms with Gasteiger partial charge in [0.05, 0.1) is 5.41 Å². The Hall–Kier alpha value is -1.84. The van der Waals surface area contributed by atoms with Gasteiger partial charge in [-0.25, -0.2) is 0 Å². The minimum atomic E-state index is -0.740. The summed E-state index contributed by atoms with van der Waals surface area (Å²) in [6.45, 7) is 1.57. The molecule has 0 aromatic heterocycles. The molecule has 4 nitrogen and oxygen atoms in total. The molecule has 1 aliphatic heterocycles. The topological polar surface area (TPSA) is 57.6 Å². The molecule has 1 aromatic rings. The van der Waals surface area contributed by atoms with Crippen molar-refractivity contribution in [1.29, 1.82) is 0 Å². The Balaban J connectivity index is 1.59. The molecule has 0 bridgehead atoms. The predicted molar refractivity (Wildman–Crippen MR) is 88.0 cm³/mol. The molecule has 2 fully saturated rings. The Morgan fingerprint density at radius 2 is 1.96 bits per heavy atom. The summed E-state index contributed by atoms with van der Waals surface area (Å²) in [7, 11) is 0. The smallest absolute Gasteiger partial charge is 0.303 e. The van der Waals surface area contributed by atoms with Gasteiger partial charge in [-0.05, 0) is 50.0 Å². The van der Waals surface area contributed by atoms with Gasteiger partial charge >= 0.3 is 5.97 Å². The highest BCUT2D eigenvalue weighted by Crippen LogP contribution is 2.50. The molecule has 2 aliphatic rings. The highest BCUT2D eigenvalue weighted by Gasteiger charge is 2.51. The molecule has 1 aromatic carbocycles. The van der Waals surface area contributed by atoms with E-state index >= 15 is 0 Å². The number of nitrogens with zero attached hydrogens (tertiary/aromatic N) is 1. The van der Waals surface area contributed by atoms with Crippen LogP contribution in [0.3, 0.4) is 0 Å². The highest BCUT2D eigenvalue weighted by atomic mass is 16.4. The fraction of sp³-hybridized carbons (Fsp3) is 0.579. The number of aliphatic carboxylic acids is 1. The van der Waals surface area contributed by atoms with Gasteiger partial charge in [-0.2, -0.15) is 0 Å². The molecule has 1 N–H and O–H groups in total. The summed E-state index contributed by atoms with van der Waals surface area (Å²) in [4.78, 5) is 25.7. The highest BCUT2D eigenvalue weighted by molar-refractivity contribution is 5.85. The average molecular weight is 315 g/mol. The van der Waals surface area contributed by atoms with E-state index in [0.717, 1.165) is 45.2 Å². The summed E-state index contributed by atoms with van der Waals surface area (Å²) in [5.74, 6) is -0.103. The van der Waals surface area contributed by atoms with Gasteiger partial charge in [0, 0.05) is 19.5 Å². The first-order valence-electron chi connectivity index (χ1n) is 8.64. The van der Waals surface area contributed by atoms with E-state index in [9.17, 15) is 9.59 Å². The molecule has 0 radical (unpaired) electrons. The van der Waals surface area contributed by atoms with Crippen molar-refractivity contribution < 1.29 is 14.7 Å². The van der Waals surface area contributed by atoms with Gasteiger partial charge in [0.1, 0.15) is 0 Å². The average Bonchev–Trinajstić information content (AvgIpc) is 3.34. The fourth-order valence-corrected chi connectivity index (χ4v) is 3.75. The van der Waals surface area contributed by atoms with Crippen LogP contribution < -0.4 is 0 Å². The number of rotatable bonds is 6. The van der Waals surface area contributed by atoms with E-state index in [0.29, 0.717) is 18.2 Å². The molecule has 0 spiro atoms. The van der Waals surface area contributed by atoms with Crippen molar-refractivity contribution in [2.75, 3.05) is 13.1 Å². The SMILES string of the molecule is O=C(O)CC[C@H]1CCCN(C(=O)C2(Cc3ccccc3)CC2)C1. The fourth-order valence-electron chi connectivity index (χ4n) is 3.75. The minimum absolute atomic E-state index is 0.184. The van der Waals surface area contributed by atoms with E-state index < -0.39 is 5.97 Å². The van der Waals surface area contributed by atoms with Crippen LogP contribution in [-0.2, 0) is 16.0 Å². The van der Waals surface area contributed by atoms with Crippen LogP contribution in [0.1, 0.15) is 44.1 Å². The van der Waals surface area contributed by atoms with Crippen LogP contribution in [0.25, 0.3) is 0 Å². The second-order valence-corrected chi connectivity index (χ2v) is 7.13. The van der Waals surface area contributed by atoms with Gasteiger partial charge in [-0.1, -0.05) is 30.3 Å². The van der Waals surface area contributed by atoms with E-state index in [2.05, 4.69) is 12.1 Å². The van der Waals surface area contributed by atoms with Crippen LogP contribution >= 0.6 is 0 Å². The van der Waals surface area contributed by atoms with Crippen LogP contribution in [0.5, 0.6) is 0 Å². The third kappa shape index (κ3) is 3.92. The third-order valence-electron chi connectivity index (χ3n) is 5.27. The van der Waals surface area contributed by atoms with E-state index in [1.165, 1.54) is 5.56 Å². The van der Waals surface area contributed by atoms with Crippen molar-refractivity contribution in [2.24, 2.45) is 11.3 Å². The van der Waals surface area contributed by atoms with Crippen LogP contribution in [-0.4, -0.2) is 35.0 Å². The quantitative estimate of drug-likeness (QED) is 0.877. The second-order valence-electron chi connectivity index (χ2n) is 7.13. The standard InChI is InChI=1S/C19H25NO3/c21-17(22)9-8-16-7-4-12-20(14-16)18(23)19(10-11-19)13-15-5-2-1-3-6-15/h1-3,5-6,16H,4,7-14H2,(H,21,22)/t16-/m1/s1. The first-order chi connectivity index (χ1) is 11.1. The summed E-state index contributed by atoms with van der Waals surface area (Å²) < 4.78 is 0. The van der Waals surface area contributed by atoms with Gasteiger partial charge in [0.2, 0.25) is 5.91 Å². The number of carbonyl (C=O) groups is 2. The number of carbonyl (C=O) groups excluding carboxylic acids is 1. The molecule has 3 rings (SSSR count). The number of piperidine rings is 1. The van der Waals surface area contributed by atoms with Gasteiger partial charge in [-0.15, -0.1) is 0 Å². The van der Waals surface area contributed by atoms with Crippen LogP contribution in [0.4, 0.5) is 0 Å². The zero-order valence-corrected chi connectivity index (χ0v) is 13.5. The molecule has 1 heterocycles. The van der Waals surface area contributed by atoms with Crippen LogP contribution in [0.2, 0.25) is 0 Å². The van der Waals surface area contributed by atoms with Crippen molar-refractivity contribution >= 4 is 11.9 Å².